The number of likely N-dealkylation sites (tertiary alicyclic amines) is 1. The van der Waals surface area contributed by atoms with Gasteiger partial charge in [-0.15, -0.1) is 0 Å². The minimum absolute atomic E-state index is 0.0967. The Morgan fingerprint density at radius 1 is 1.71 bits per heavy atom. The number of halogens is 1. The second kappa shape index (κ2) is 4.85. The van der Waals surface area contributed by atoms with Crippen LogP contribution in [0.4, 0.5) is 5.82 Å². The molecule has 92 valence electrons. The van der Waals surface area contributed by atoms with Crippen LogP contribution in [0.15, 0.2) is 6.20 Å². The van der Waals surface area contributed by atoms with Gasteiger partial charge in [0, 0.05) is 12.6 Å². The number of rotatable bonds is 3. The van der Waals surface area contributed by atoms with Crippen LogP contribution in [0.5, 0.6) is 0 Å². The summed E-state index contributed by atoms with van der Waals surface area (Å²) < 4.78 is 0. The van der Waals surface area contributed by atoms with Gasteiger partial charge in [-0.2, -0.15) is 0 Å². The molecule has 1 aliphatic heterocycles. The van der Waals surface area contributed by atoms with Crippen LogP contribution in [-0.4, -0.2) is 52.1 Å². The molecule has 0 aliphatic carbocycles. The van der Waals surface area contributed by atoms with Gasteiger partial charge >= 0.3 is 5.97 Å². The number of nitrogens with zero attached hydrogens (tertiary/aromatic N) is 3. The van der Waals surface area contributed by atoms with E-state index in [1.807, 2.05) is 7.05 Å². The maximum atomic E-state index is 10.7. The summed E-state index contributed by atoms with van der Waals surface area (Å²) >= 11 is 5.88. The van der Waals surface area contributed by atoms with Gasteiger partial charge in [0.25, 0.3) is 0 Å². The van der Waals surface area contributed by atoms with Gasteiger partial charge in [-0.1, -0.05) is 11.6 Å². The number of aromatic nitrogens is 2. The molecule has 2 heterocycles. The van der Waals surface area contributed by atoms with E-state index in [4.69, 9.17) is 16.7 Å². The number of hydrogen-bond acceptors (Lipinski definition) is 5. The van der Waals surface area contributed by atoms with E-state index in [9.17, 15) is 4.79 Å². The summed E-state index contributed by atoms with van der Waals surface area (Å²) in [6.07, 6.45) is 2.21. The molecular formula is C10H13ClN4O2. The first-order chi connectivity index (χ1) is 8.06. The summed E-state index contributed by atoms with van der Waals surface area (Å²) in [5.74, 6) is -0.691. The molecule has 1 aromatic rings. The number of aromatic carboxylic acids is 1. The molecule has 0 spiro atoms. The summed E-state index contributed by atoms with van der Waals surface area (Å²) in [6.45, 7) is 1.94. The molecule has 0 saturated carbocycles. The van der Waals surface area contributed by atoms with E-state index in [0.29, 0.717) is 5.82 Å². The molecule has 0 radical (unpaired) electrons. The Labute approximate surface area is 104 Å². The third-order valence-electron chi connectivity index (χ3n) is 2.68. The molecule has 0 bridgehead atoms. The minimum atomic E-state index is -1.13. The highest BCUT2D eigenvalue weighted by Gasteiger charge is 2.21. The van der Waals surface area contributed by atoms with Gasteiger partial charge in [0.05, 0.1) is 6.20 Å². The molecule has 1 atom stereocenters. The van der Waals surface area contributed by atoms with Crippen molar-refractivity contribution < 1.29 is 9.90 Å². The Kier molecular flexibility index (Phi) is 3.44. The zero-order valence-electron chi connectivity index (χ0n) is 9.35. The molecule has 7 heteroatoms. The Morgan fingerprint density at radius 2 is 2.47 bits per heavy atom. The van der Waals surface area contributed by atoms with E-state index in [-0.39, 0.29) is 16.9 Å². The number of nitrogens with one attached hydrogen (secondary N) is 1. The fourth-order valence-electron chi connectivity index (χ4n) is 1.81. The molecule has 0 amide bonds. The van der Waals surface area contributed by atoms with E-state index >= 15 is 0 Å². The lowest BCUT2D eigenvalue weighted by atomic mass is 10.2. The van der Waals surface area contributed by atoms with Gasteiger partial charge in [0.15, 0.2) is 16.7 Å². The van der Waals surface area contributed by atoms with Crippen molar-refractivity contribution in [3.05, 3.63) is 17.0 Å². The van der Waals surface area contributed by atoms with Crippen molar-refractivity contribution in [2.75, 3.05) is 25.5 Å². The molecular weight excluding hydrogens is 244 g/mol. The van der Waals surface area contributed by atoms with E-state index in [1.54, 1.807) is 0 Å². The molecule has 2 rings (SSSR count). The smallest absolute Gasteiger partial charge is 0.356 e. The maximum Gasteiger partial charge on any atom is 0.356 e. The molecule has 2 N–H and O–H groups in total. The lowest BCUT2D eigenvalue weighted by molar-refractivity contribution is 0.0690. The van der Waals surface area contributed by atoms with E-state index in [0.717, 1.165) is 19.5 Å². The quantitative estimate of drug-likeness (QED) is 0.838. The normalized spacial score (nSPS) is 20.5. The Hall–Kier alpha value is -1.40. The monoisotopic (exact) mass is 256 g/mol. The van der Waals surface area contributed by atoms with Gasteiger partial charge in [0.1, 0.15) is 0 Å². The minimum Gasteiger partial charge on any atom is -0.476 e. The van der Waals surface area contributed by atoms with Gasteiger partial charge in [-0.25, -0.2) is 14.8 Å². The van der Waals surface area contributed by atoms with Crippen molar-refractivity contribution in [3.8, 4) is 0 Å². The second-order valence-electron chi connectivity index (χ2n) is 4.09. The van der Waals surface area contributed by atoms with Gasteiger partial charge in [-0.3, -0.25) is 0 Å². The third kappa shape index (κ3) is 2.83. The van der Waals surface area contributed by atoms with Crippen molar-refractivity contribution in [1.82, 2.24) is 14.9 Å². The Bertz CT molecular complexity index is 440. The van der Waals surface area contributed by atoms with Crippen LogP contribution in [0.25, 0.3) is 0 Å². The zero-order chi connectivity index (χ0) is 12.4. The van der Waals surface area contributed by atoms with Crippen molar-refractivity contribution >= 4 is 23.4 Å². The van der Waals surface area contributed by atoms with Crippen LogP contribution < -0.4 is 5.32 Å². The summed E-state index contributed by atoms with van der Waals surface area (Å²) in [7, 11) is 2.04. The van der Waals surface area contributed by atoms with Crippen molar-refractivity contribution in [2.24, 2.45) is 0 Å². The SMILES string of the molecule is CN1CCC(Nc2ncc(C(=O)O)nc2Cl)C1. The number of anilines is 1. The lowest BCUT2D eigenvalue weighted by Gasteiger charge is -2.14. The highest BCUT2D eigenvalue weighted by Crippen LogP contribution is 2.19. The van der Waals surface area contributed by atoms with Gasteiger partial charge in [-0.05, 0) is 20.0 Å². The first-order valence-electron chi connectivity index (χ1n) is 5.27. The average Bonchev–Trinajstić information content (AvgIpc) is 2.67. The molecule has 0 aromatic carbocycles. The Balaban J connectivity index is 2.09. The maximum absolute atomic E-state index is 10.7. The molecule has 1 aliphatic rings. The average molecular weight is 257 g/mol. The van der Waals surface area contributed by atoms with E-state index in [1.165, 1.54) is 6.20 Å². The van der Waals surface area contributed by atoms with Crippen LogP contribution in [0.1, 0.15) is 16.9 Å². The fraction of sp³-hybridized carbons (Fsp3) is 0.500. The molecule has 6 nitrogen and oxygen atoms in total. The van der Waals surface area contributed by atoms with Crippen LogP contribution in [0, 0.1) is 0 Å². The standard InChI is InChI=1S/C10H13ClN4O2/c1-15-3-2-6(5-15)13-9-8(11)14-7(4-12-9)10(16)17/h4,6H,2-3,5H2,1H3,(H,12,13)(H,16,17). The highest BCUT2D eigenvalue weighted by molar-refractivity contribution is 6.31. The fourth-order valence-corrected chi connectivity index (χ4v) is 2.01. The van der Waals surface area contributed by atoms with Crippen LogP contribution >= 0.6 is 11.6 Å². The van der Waals surface area contributed by atoms with Crippen molar-refractivity contribution in [2.45, 2.75) is 12.5 Å². The van der Waals surface area contributed by atoms with Gasteiger partial charge in [0.2, 0.25) is 0 Å². The van der Waals surface area contributed by atoms with Gasteiger partial charge < -0.3 is 15.3 Å². The molecule has 1 fully saturated rings. The summed E-state index contributed by atoms with van der Waals surface area (Å²) in [6, 6.07) is 0.280. The Morgan fingerprint density at radius 3 is 3.00 bits per heavy atom. The van der Waals surface area contributed by atoms with E-state index in [2.05, 4.69) is 20.2 Å². The third-order valence-corrected chi connectivity index (χ3v) is 2.94. The van der Waals surface area contributed by atoms with Crippen LogP contribution in [0.2, 0.25) is 5.15 Å². The lowest BCUT2D eigenvalue weighted by Crippen LogP contribution is -2.24. The number of carboxylic acid groups (broad SMARTS) is 1. The van der Waals surface area contributed by atoms with Crippen molar-refractivity contribution in [1.29, 1.82) is 0 Å². The molecule has 1 aromatic heterocycles. The zero-order valence-corrected chi connectivity index (χ0v) is 10.1. The second-order valence-corrected chi connectivity index (χ2v) is 4.45. The number of likely N-dealkylation sites (N-methyl/N-ethyl adjacent to an activating group) is 1. The number of hydrogen-bond donors (Lipinski definition) is 2. The first-order valence-corrected chi connectivity index (χ1v) is 5.65. The predicted octanol–water partition coefficient (Wildman–Crippen LogP) is 0.944. The highest BCUT2D eigenvalue weighted by atomic mass is 35.5. The number of carboxylic acids is 1. The van der Waals surface area contributed by atoms with Crippen molar-refractivity contribution in [3.63, 3.8) is 0 Å². The van der Waals surface area contributed by atoms with Crippen LogP contribution in [-0.2, 0) is 0 Å². The molecule has 17 heavy (non-hydrogen) atoms. The van der Waals surface area contributed by atoms with Crippen LogP contribution in [0.3, 0.4) is 0 Å². The summed E-state index contributed by atoms with van der Waals surface area (Å²) in [5, 5.41) is 12.0. The number of carbonyl (C=O) groups is 1. The molecule has 1 unspecified atom stereocenters. The first kappa shape index (κ1) is 12.1. The summed E-state index contributed by atoms with van der Waals surface area (Å²) in [5.41, 5.74) is -0.149. The predicted molar refractivity (Wildman–Crippen MR) is 63.5 cm³/mol. The van der Waals surface area contributed by atoms with E-state index < -0.39 is 5.97 Å². The largest absolute Gasteiger partial charge is 0.476 e. The summed E-state index contributed by atoms with van der Waals surface area (Å²) in [4.78, 5) is 20.6. The molecule has 1 saturated heterocycles. The topological polar surface area (TPSA) is 78.4 Å².